The molecule has 0 aliphatic carbocycles. The van der Waals surface area contributed by atoms with E-state index >= 15 is 0 Å². The summed E-state index contributed by atoms with van der Waals surface area (Å²) in [5.74, 6) is -0.0231. The summed E-state index contributed by atoms with van der Waals surface area (Å²) in [5, 5.41) is 0. The SMILES string of the molecule is O=C(Oc1ccccc1)N1CCCN(C2CCN(CC(F)(F)F)C2=O)CC1. The summed E-state index contributed by atoms with van der Waals surface area (Å²) in [5.41, 5.74) is 0. The highest BCUT2D eigenvalue weighted by molar-refractivity contribution is 5.84. The van der Waals surface area contributed by atoms with E-state index in [2.05, 4.69) is 0 Å². The maximum atomic E-state index is 12.6. The van der Waals surface area contributed by atoms with E-state index < -0.39 is 30.8 Å². The van der Waals surface area contributed by atoms with Gasteiger partial charge in [0.2, 0.25) is 5.91 Å². The van der Waals surface area contributed by atoms with E-state index in [1.807, 2.05) is 11.0 Å². The average Bonchev–Trinajstić information content (AvgIpc) is 2.83. The lowest BCUT2D eigenvalue weighted by Crippen LogP contribution is -2.45. The Morgan fingerprint density at radius 2 is 1.81 bits per heavy atom. The topological polar surface area (TPSA) is 53.1 Å². The highest BCUT2D eigenvalue weighted by Gasteiger charge is 2.41. The highest BCUT2D eigenvalue weighted by atomic mass is 19.4. The van der Waals surface area contributed by atoms with Gasteiger partial charge in [-0.05, 0) is 25.0 Å². The molecule has 1 aromatic carbocycles. The number of benzene rings is 1. The lowest BCUT2D eigenvalue weighted by Gasteiger charge is -2.26. The van der Waals surface area contributed by atoms with Crippen LogP contribution in [0.4, 0.5) is 18.0 Å². The lowest BCUT2D eigenvalue weighted by molar-refractivity contribution is -0.159. The van der Waals surface area contributed by atoms with Crippen molar-refractivity contribution in [3.8, 4) is 5.75 Å². The maximum absolute atomic E-state index is 12.6. The van der Waals surface area contributed by atoms with Gasteiger partial charge in [0.25, 0.3) is 0 Å². The van der Waals surface area contributed by atoms with Crippen LogP contribution in [0.1, 0.15) is 12.8 Å². The molecule has 0 aromatic heterocycles. The molecule has 2 amide bonds. The molecule has 1 aromatic rings. The van der Waals surface area contributed by atoms with Crippen LogP contribution in [0.2, 0.25) is 0 Å². The fourth-order valence-electron chi connectivity index (χ4n) is 3.52. The standard InChI is InChI=1S/C18H22F3N3O3/c19-18(20,21)13-24-10-7-15(16(24)25)22-8-4-9-23(12-11-22)17(26)27-14-5-2-1-3-6-14/h1-3,5-6,15H,4,7-13H2. The number of nitrogens with zero attached hydrogens (tertiary/aromatic N) is 3. The molecule has 6 nitrogen and oxygen atoms in total. The molecule has 9 heteroatoms. The van der Waals surface area contributed by atoms with E-state index in [0.29, 0.717) is 44.8 Å². The van der Waals surface area contributed by atoms with Gasteiger partial charge in [0.05, 0.1) is 6.04 Å². The molecule has 2 aliphatic rings. The van der Waals surface area contributed by atoms with E-state index in [1.54, 1.807) is 29.2 Å². The van der Waals surface area contributed by atoms with Crippen LogP contribution in [-0.4, -0.2) is 78.2 Å². The van der Waals surface area contributed by atoms with Crippen molar-refractivity contribution in [2.75, 3.05) is 39.3 Å². The maximum Gasteiger partial charge on any atom is 0.415 e. The van der Waals surface area contributed by atoms with Crippen molar-refractivity contribution in [3.05, 3.63) is 30.3 Å². The van der Waals surface area contributed by atoms with Gasteiger partial charge >= 0.3 is 12.3 Å². The Morgan fingerprint density at radius 3 is 2.52 bits per heavy atom. The Hall–Kier alpha value is -2.29. The molecule has 3 rings (SSSR count). The van der Waals surface area contributed by atoms with E-state index in [4.69, 9.17) is 4.74 Å². The average molecular weight is 385 g/mol. The summed E-state index contributed by atoms with van der Waals surface area (Å²) in [6, 6.07) is 8.19. The number of hydrogen-bond donors (Lipinski definition) is 0. The van der Waals surface area contributed by atoms with Gasteiger partial charge < -0.3 is 14.5 Å². The van der Waals surface area contributed by atoms with Gasteiger partial charge in [-0.3, -0.25) is 9.69 Å². The molecule has 148 valence electrons. The van der Waals surface area contributed by atoms with Crippen molar-refractivity contribution in [1.82, 2.24) is 14.7 Å². The molecule has 0 radical (unpaired) electrons. The summed E-state index contributed by atoms with van der Waals surface area (Å²) in [6.07, 6.45) is -3.84. The second kappa shape index (κ2) is 8.16. The van der Waals surface area contributed by atoms with Crippen LogP contribution < -0.4 is 4.74 Å². The quantitative estimate of drug-likeness (QED) is 0.802. The molecule has 1 unspecified atom stereocenters. The Morgan fingerprint density at radius 1 is 1.07 bits per heavy atom. The number of alkyl halides is 3. The van der Waals surface area contributed by atoms with Gasteiger partial charge in [-0.25, -0.2) is 4.79 Å². The van der Waals surface area contributed by atoms with Crippen LogP contribution in [0.5, 0.6) is 5.75 Å². The number of para-hydroxylation sites is 1. The van der Waals surface area contributed by atoms with Gasteiger partial charge in [-0.2, -0.15) is 13.2 Å². The van der Waals surface area contributed by atoms with Crippen LogP contribution in [0.15, 0.2) is 30.3 Å². The molecule has 0 saturated carbocycles. The third-order valence-corrected chi connectivity index (χ3v) is 4.82. The molecular formula is C18H22F3N3O3. The van der Waals surface area contributed by atoms with Crippen LogP contribution >= 0.6 is 0 Å². The van der Waals surface area contributed by atoms with Crippen molar-refractivity contribution >= 4 is 12.0 Å². The summed E-state index contributed by atoms with van der Waals surface area (Å²) in [7, 11) is 0. The molecule has 2 aliphatic heterocycles. The first-order valence-electron chi connectivity index (χ1n) is 8.95. The molecule has 2 heterocycles. The van der Waals surface area contributed by atoms with E-state index in [9.17, 15) is 22.8 Å². The van der Waals surface area contributed by atoms with Crippen molar-refractivity contribution in [1.29, 1.82) is 0 Å². The smallest absolute Gasteiger partial charge is 0.410 e. The number of carbonyl (C=O) groups excluding carboxylic acids is 2. The number of carbonyl (C=O) groups is 2. The molecule has 0 spiro atoms. The molecule has 0 N–H and O–H groups in total. The Balaban J connectivity index is 1.54. The lowest BCUT2D eigenvalue weighted by atomic mass is 10.2. The molecule has 27 heavy (non-hydrogen) atoms. The number of halogens is 3. The molecule has 1 atom stereocenters. The fraction of sp³-hybridized carbons (Fsp3) is 0.556. The monoisotopic (exact) mass is 385 g/mol. The van der Waals surface area contributed by atoms with Crippen LogP contribution in [0, 0.1) is 0 Å². The summed E-state index contributed by atoms with van der Waals surface area (Å²) in [4.78, 5) is 29.0. The largest absolute Gasteiger partial charge is 0.415 e. The second-order valence-corrected chi connectivity index (χ2v) is 6.74. The molecule has 2 saturated heterocycles. The van der Waals surface area contributed by atoms with E-state index in [1.165, 1.54) is 0 Å². The first-order valence-corrected chi connectivity index (χ1v) is 8.95. The summed E-state index contributed by atoms with van der Waals surface area (Å²) < 4.78 is 43.0. The number of likely N-dealkylation sites (tertiary alicyclic amines) is 1. The van der Waals surface area contributed by atoms with E-state index in [0.717, 1.165) is 4.90 Å². The fourth-order valence-corrected chi connectivity index (χ4v) is 3.52. The third kappa shape index (κ3) is 5.12. The van der Waals surface area contributed by atoms with Crippen LogP contribution in [-0.2, 0) is 4.79 Å². The number of hydrogen-bond acceptors (Lipinski definition) is 4. The van der Waals surface area contributed by atoms with Gasteiger partial charge in [0, 0.05) is 32.7 Å². The molecule has 2 fully saturated rings. The second-order valence-electron chi connectivity index (χ2n) is 6.74. The van der Waals surface area contributed by atoms with Gasteiger partial charge in [0.15, 0.2) is 0 Å². The Kier molecular flexibility index (Phi) is 5.88. The zero-order valence-corrected chi connectivity index (χ0v) is 14.8. The van der Waals surface area contributed by atoms with Crippen molar-refractivity contribution in [2.45, 2.75) is 25.1 Å². The summed E-state index contributed by atoms with van der Waals surface area (Å²) in [6.45, 7) is 0.751. The third-order valence-electron chi connectivity index (χ3n) is 4.82. The van der Waals surface area contributed by atoms with Crippen molar-refractivity contribution < 1.29 is 27.5 Å². The minimum atomic E-state index is -4.39. The predicted octanol–water partition coefficient (Wildman–Crippen LogP) is 2.36. The normalized spacial score (nSPS) is 22.0. The molecule has 0 bridgehead atoms. The van der Waals surface area contributed by atoms with Crippen LogP contribution in [0.25, 0.3) is 0 Å². The van der Waals surface area contributed by atoms with Crippen molar-refractivity contribution in [2.24, 2.45) is 0 Å². The van der Waals surface area contributed by atoms with E-state index in [-0.39, 0.29) is 6.54 Å². The highest BCUT2D eigenvalue weighted by Crippen LogP contribution is 2.24. The number of amides is 2. The van der Waals surface area contributed by atoms with Crippen molar-refractivity contribution in [3.63, 3.8) is 0 Å². The summed E-state index contributed by atoms with van der Waals surface area (Å²) >= 11 is 0. The predicted molar refractivity (Wildman–Crippen MR) is 91.3 cm³/mol. The first-order chi connectivity index (χ1) is 12.8. The van der Waals surface area contributed by atoms with Gasteiger partial charge in [0.1, 0.15) is 12.3 Å². The first kappa shape index (κ1) is 19.5. The Labute approximate surface area is 155 Å². The molecular weight excluding hydrogens is 363 g/mol. The zero-order chi connectivity index (χ0) is 19.4. The number of ether oxygens (including phenoxy) is 1. The van der Waals surface area contributed by atoms with Gasteiger partial charge in [-0.15, -0.1) is 0 Å². The zero-order valence-electron chi connectivity index (χ0n) is 14.8. The van der Waals surface area contributed by atoms with Crippen LogP contribution in [0.3, 0.4) is 0 Å². The number of rotatable bonds is 3. The Bertz CT molecular complexity index is 669. The van der Waals surface area contributed by atoms with Gasteiger partial charge in [-0.1, -0.05) is 18.2 Å². The minimum Gasteiger partial charge on any atom is -0.410 e. The minimum absolute atomic E-state index is 0.110.